The van der Waals surface area contributed by atoms with E-state index in [1.165, 1.54) is 68.2 Å². The van der Waals surface area contributed by atoms with Gasteiger partial charge in [0.25, 0.3) is 0 Å². The normalized spacial score (nSPS) is 25.5. The highest BCUT2D eigenvalue weighted by atomic mass is 16.5. The smallest absolute Gasteiger partial charge is 0.123 e. The van der Waals surface area contributed by atoms with Crippen molar-refractivity contribution in [2.75, 3.05) is 11.9 Å². The molecule has 0 atom stereocenters. The summed E-state index contributed by atoms with van der Waals surface area (Å²) < 4.78 is 6.21. The zero-order valence-corrected chi connectivity index (χ0v) is 14.7. The SMILES string of the molecule is Cc1c(NC[C@H]2CC[C@H](N)CC2)ccc(OC2CCCC2)c1C. The zero-order valence-electron chi connectivity index (χ0n) is 14.7. The van der Waals surface area contributed by atoms with E-state index >= 15 is 0 Å². The van der Waals surface area contributed by atoms with E-state index in [2.05, 4.69) is 31.3 Å². The Morgan fingerprint density at radius 2 is 1.70 bits per heavy atom. The molecule has 3 rings (SSSR count). The summed E-state index contributed by atoms with van der Waals surface area (Å²) in [6.45, 7) is 5.45. The molecule has 0 saturated heterocycles. The van der Waals surface area contributed by atoms with Gasteiger partial charge in [-0.25, -0.2) is 0 Å². The number of hydrogen-bond acceptors (Lipinski definition) is 3. The number of nitrogens with one attached hydrogen (secondary N) is 1. The molecule has 3 heteroatoms. The van der Waals surface area contributed by atoms with Crippen LogP contribution in [-0.4, -0.2) is 18.7 Å². The van der Waals surface area contributed by atoms with Gasteiger partial charge in [0.1, 0.15) is 5.75 Å². The lowest BCUT2D eigenvalue weighted by atomic mass is 9.86. The lowest BCUT2D eigenvalue weighted by molar-refractivity contribution is 0.208. The maximum absolute atomic E-state index is 6.21. The van der Waals surface area contributed by atoms with Crippen LogP contribution in [0.3, 0.4) is 0 Å². The largest absolute Gasteiger partial charge is 0.490 e. The third kappa shape index (κ3) is 4.20. The standard InChI is InChI=1S/C20H32N2O/c1-14-15(2)20(23-18-5-3-4-6-18)12-11-19(14)22-13-16-7-9-17(21)10-8-16/h11-12,16-18,22H,3-10,13,21H2,1-2H3/t16-,17-. The Kier molecular flexibility index (Phi) is 5.47. The summed E-state index contributed by atoms with van der Waals surface area (Å²) in [6, 6.07) is 4.78. The first-order valence-electron chi connectivity index (χ1n) is 9.40. The van der Waals surface area contributed by atoms with E-state index in [0.717, 1.165) is 18.2 Å². The summed E-state index contributed by atoms with van der Waals surface area (Å²) in [5.74, 6) is 1.84. The lowest BCUT2D eigenvalue weighted by Gasteiger charge is -2.27. The van der Waals surface area contributed by atoms with Crippen LogP contribution in [0.1, 0.15) is 62.5 Å². The molecule has 2 aliphatic carbocycles. The fourth-order valence-electron chi connectivity index (χ4n) is 3.95. The van der Waals surface area contributed by atoms with Gasteiger partial charge in [0.2, 0.25) is 0 Å². The molecule has 128 valence electrons. The minimum atomic E-state index is 0.429. The number of anilines is 1. The maximum atomic E-state index is 6.21. The first-order chi connectivity index (χ1) is 11.1. The van der Waals surface area contributed by atoms with Crippen molar-refractivity contribution in [2.45, 2.75) is 77.4 Å². The van der Waals surface area contributed by atoms with Crippen molar-refractivity contribution in [3.63, 3.8) is 0 Å². The van der Waals surface area contributed by atoms with E-state index in [9.17, 15) is 0 Å². The minimum Gasteiger partial charge on any atom is -0.490 e. The quantitative estimate of drug-likeness (QED) is 0.837. The number of ether oxygens (including phenoxy) is 1. The van der Waals surface area contributed by atoms with Gasteiger partial charge in [-0.05, 0) is 94.4 Å². The second-order valence-electron chi connectivity index (χ2n) is 7.55. The molecule has 0 heterocycles. The Morgan fingerprint density at radius 3 is 2.39 bits per heavy atom. The molecule has 0 radical (unpaired) electrons. The molecule has 0 aromatic heterocycles. The average Bonchev–Trinajstić information content (AvgIpc) is 3.06. The molecule has 2 saturated carbocycles. The van der Waals surface area contributed by atoms with Gasteiger partial charge < -0.3 is 15.8 Å². The molecule has 0 spiro atoms. The third-order valence-electron chi connectivity index (χ3n) is 5.81. The van der Waals surface area contributed by atoms with Crippen LogP contribution >= 0.6 is 0 Å². The Bertz CT molecular complexity index is 515. The van der Waals surface area contributed by atoms with Gasteiger partial charge >= 0.3 is 0 Å². The second-order valence-corrected chi connectivity index (χ2v) is 7.55. The highest BCUT2D eigenvalue weighted by molar-refractivity contribution is 5.58. The Labute approximate surface area is 141 Å². The van der Waals surface area contributed by atoms with Crippen LogP contribution in [0.4, 0.5) is 5.69 Å². The molecule has 3 nitrogen and oxygen atoms in total. The van der Waals surface area contributed by atoms with Gasteiger partial charge in [-0.1, -0.05) is 0 Å². The molecule has 2 aliphatic rings. The van der Waals surface area contributed by atoms with Crippen LogP contribution in [0.25, 0.3) is 0 Å². The number of benzene rings is 1. The van der Waals surface area contributed by atoms with Crippen LogP contribution in [0, 0.1) is 19.8 Å². The van der Waals surface area contributed by atoms with Crippen molar-refractivity contribution in [3.05, 3.63) is 23.3 Å². The summed E-state index contributed by atoms with van der Waals surface area (Å²) >= 11 is 0. The van der Waals surface area contributed by atoms with E-state index in [1.807, 2.05) is 0 Å². The number of rotatable bonds is 5. The van der Waals surface area contributed by atoms with E-state index < -0.39 is 0 Å². The van der Waals surface area contributed by atoms with E-state index in [-0.39, 0.29) is 0 Å². The summed E-state index contributed by atoms with van der Waals surface area (Å²) in [5, 5.41) is 3.66. The van der Waals surface area contributed by atoms with Gasteiger partial charge in [0.15, 0.2) is 0 Å². The Morgan fingerprint density at radius 1 is 1.00 bits per heavy atom. The summed E-state index contributed by atoms with van der Waals surface area (Å²) in [4.78, 5) is 0. The average molecular weight is 316 g/mol. The predicted molar refractivity (Wildman–Crippen MR) is 97.2 cm³/mol. The van der Waals surface area contributed by atoms with Crippen LogP contribution in [-0.2, 0) is 0 Å². The molecule has 0 amide bonds. The number of nitrogens with two attached hydrogens (primary N) is 1. The van der Waals surface area contributed by atoms with Gasteiger partial charge in [-0.2, -0.15) is 0 Å². The van der Waals surface area contributed by atoms with E-state index in [1.54, 1.807) is 0 Å². The van der Waals surface area contributed by atoms with Crippen LogP contribution in [0.5, 0.6) is 5.75 Å². The summed E-state index contributed by atoms with van der Waals surface area (Å²) in [5.41, 5.74) is 9.87. The monoisotopic (exact) mass is 316 g/mol. The maximum Gasteiger partial charge on any atom is 0.123 e. The molecule has 1 aromatic rings. The zero-order chi connectivity index (χ0) is 16.2. The first-order valence-corrected chi connectivity index (χ1v) is 9.40. The third-order valence-corrected chi connectivity index (χ3v) is 5.81. The van der Waals surface area contributed by atoms with E-state index in [0.29, 0.717) is 12.1 Å². The summed E-state index contributed by atoms with van der Waals surface area (Å²) in [6.07, 6.45) is 10.4. The van der Waals surface area contributed by atoms with Gasteiger partial charge in [-0.3, -0.25) is 0 Å². The molecule has 0 unspecified atom stereocenters. The second kappa shape index (κ2) is 7.57. The van der Waals surface area contributed by atoms with Gasteiger partial charge in [0, 0.05) is 18.3 Å². The molecule has 3 N–H and O–H groups in total. The highest BCUT2D eigenvalue weighted by Gasteiger charge is 2.20. The molecule has 0 bridgehead atoms. The predicted octanol–water partition coefficient (Wildman–Crippen LogP) is 4.55. The molecular formula is C20H32N2O. The highest BCUT2D eigenvalue weighted by Crippen LogP contribution is 2.32. The summed E-state index contributed by atoms with van der Waals surface area (Å²) in [7, 11) is 0. The van der Waals surface area contributed by atoms with Crippen molar-refractivity contribution >= 4 is 5.69 Å². The number of hydrogen-bond donors (Lipinski definition) is 2. The fourth-order valence-corrected chi connectivity index (χ4v) is 3.95. The fraction of sp³-hybridized carbons (Fsp3) is 0.700. The molecule has 0 aliphatic heterocycles. The minimum absolute atomic E-state index is 0.429. The van der Waals surface area contributed by atoms with Crippen molar-refractivity contribution < 1.29 is 4.74 Å². The molecule has 2 fully saturated rings. The molecule has 1 aromatic carbocycles. The van der Waals surface area contributed by atoms with Gasteiger partial charge in [0.05, 0.1) is 6.10 Å². The van der Waals surface area contributed by atoms with Crippen LogP contribution < -0.4 is 15.8 Å². The first kappa shape index (κ1) is 16.6. The Balaban J connectivity index is 1.58. The Hall–Kier alpha value is -1.22. The van der Waals surface area contributed by atoms with Crippen molar-refractivity contribution in [1.29, 1.82) is 0 Å². The molecule has 23 heavy (non-hydrogen) atoms. The van der Waals surface area contributed by atoms with Crippen molar-refractivity contribution in [3.8, 4) is 5.75 Å². The van der Waals surface area contributed by atoms with Crippen molar-refractivity contribution in [2.24, 2.45) is 11.7 Å². The lowest BCUT2D eigenvalue weighted by Crippen LogP contribution is -2.29. The molecular weight excluding hydrogens is 284 g/mol. The van der Waals surface area contributed by atoms with Crippen LogP contribution in [0.2, 0.25) is 0 Å². The van der Waals surface area contributed by atoms with E-state index in [4.69, 9.17) is 10.5 Å². The van der Waals surface area contributed by atoms with Gasteiger partial charge in [-0.15, -0.1) is 0 Å². The topological polar surface area (TPSA) is 47.3 Å². The van der Waals surface area contributed by atoms with Crippen LogP contribution in [0.15, 0.2) is 12.1 Å². The van der Waals surface area contributed by atoms with Crippen molar-refractivity contribution in [1.82, 2.24) is 0 Å².